The second-order valence-corrected chi connectivity index (χ2v) is 7.05. The van der Waals surface area contributed by atoms with Crippen LogP contribution in [0.2, 0.25) is 0 Å². The van der Waals surface area contributed by atoms with Gasteiger partial charge < -0.3 is 19.3 Å². The van der Waals surface area contributed by atoms with Gasteiger partial charge in [0.1, 0.15) is 5.75 Å². The molecule has 0 aliphatic rings. The number of hydrogen-bond donors (Lipinski definition) is 1. The van der Waals surface area contributed by atoms with E-state index in [1.807, 2.05) is 36.4 Å². The van der Waals surface area contributed by atoms with E-state index < -0.39 is 12.1 Å². The SMILES string of the molecule is CCOC(=O)/C=C/c1cccc(OCOC)c1C[C@@H](O)CCCCc1ccccc1. The van der Waals surface area contributed by atoms with Crippen molar-refractivity contribution in [3.63, 3.8) is 0 Å². The summed E-state index contributed by atoms with van der Waals surface area (Å²) < 4.78 is 15.7. The van der Waals surface area contributed by atoms with Gasteiger partial charge in [-0.1, -0.05) is 48.9 Å². The van der Waals surface area contributed by atoms with Crippen molar-refractivity contribution >= 4 is 12.0 Å². The Morgan fingerprint density at radius 3 is 2.63 bits per heavy atom. The summed E-state index contributed by atoms with van der Waals surface area (Å²) in [5.74, 6) is 0.249. The van der Waals surface area contributed by atoms with Crippen LogP contribution < -0.4 is 4.74 Å². The molecule has 0 bridgehead atoms. The normalized spacial score (nSPS) is 12.1. The second kappa shape index (κ2) is 13.6. The van der Waals surface area contributed by atoms with Gasteiger partial charge in [0.15, 0.2) is 6.79 Å². The average Bonchev–Trinajstić information content (AvgIpc) is 2.76. The summed E-state index contributed by atoms with van der Waals surface area (Å²) in [7, 11) is 1.56. The molecule has 0 spiro atoms. The van der Waals surface area contributed by atoms with E-state index in [1.165, 1.54) is 11.6 Å². The number of hydrogen-bond acceptors (Lipinski definition) is 5. The Morgan fingerprint density at radius 2 is 1.90 bits per heavy atom. The van der Waals surface area contributed by atoms with Crippen LogP contribution in [0.3, 0.4) is 0 Å². The van der Waals surface area contributed by atoms with Crippen LogP contribution in [0.15, 0.2) is 54.6 Å². The molecule has 0 aromatic heterocycles. The summed E-state index contributed by atoms with van der Waals surface area (Å²) in [4.78, 5) is 11.7. The van der Waals surface area contributed by atoms with Crippen molar-refractivity contribution in [2.45, 2.75) is 45.1 Å². The fourth-order valence-corrected chi connectivity index (χ4v) is 3.25. The summed E-state index contributed by atoms with van der Waals surface area (Å²) in [6.45, 7) is 2.21. The van der Waals surface area contributed by atoms with E-state index in [-0.39, 0.29) is 6.79 Å². The predicted octanol–water partition coefficient (Wildman–Crippen LogP) is 4.56. The molecule has 2 aromatic rings. The lowest BCUT2D eigenvalue weighted by Crippen LogP contribution is -2.13. The van der Waals surface area contributed by atoms with Crippen LogP contribution in [-0.4, -0.2) is 37.7 Å². The lowest BCUT2D eigenvalue weighted by Gasteiger charge is -2.17. The van der Waals surface area contributed by atoms with Crippen molar-refractivity contribution in [3.8, 4) is 5.75 Å². The molecule has 0 aliphatic carbocycles. The molecule has 0 unspecified atom stereocenters. The quantitative estimate of drug-likeness (QED) is 0.226. The molecular weight excluding hydrogens is 380 g/mol. The van der Waals surface area contributed by atoms with Crippen molar-refractivity contribution in [1.82, 2.24) is 0 Å². The van der Waals surface area contributed by atoms with Crippen LogP contribution in [0.4, 0.5) is 0 Å². The highest BCUT2D eigenvalue weighted by Crippen LogP contribution is 2.26. The van der Waals surface area contributed by atoms with Crippen molar-refractivity contribution in [2.75, 3.05) is 20.5 Å². The Balaban J connectivity index is 2.00. The predicted molar refractivity (Wildman–Crippen MR) is 118 cm³/mol. The summed E-state index contributed by atoms with van der Waals surface area (Å²) >= 11 is 0. The summed E-state index contributed by atoms with van der Waals surface area (Å²) in [6, 6.07) is 16.0. The van der Waals surface area contributed by atoms with Gasteiger partial charge in [0.25, 0.3) is 0 Å². The number of ether oxygens (including phenoxy) is 3. The van der Waals surface area contributed by atoms with Crippen LogP contribution >= 0.6 is 0 Å². The van der Waals surface area contributed by atoms with E-state index in [1.54, 1.807) is 20.1 Å². The molecule has 0 fully saturated rings. The van der Waals surface area contributed by atoms with Gasteiger partial charge in [0.05, 0.1) is 12.7 Å². The van der Waals surface area contributed by atoms with Gasteiger partial charge in [-0.25, -0.2) is 4.79 Å². The minimum absolute atomic E-state index is 0.116. The number of unbranched alkanes of at least 4 members (excludes halogenated alkanes) is 1. The Bertz CT molecular complexity index is 785. The topological polar surface area (TPSA) is 65.0 Å². The van der Waals surface area contributed by atoms with E-state index in [4.69, 9.17) is 14.2 Å². The number of methoxy groups -OCH3 is 1. The highest BCUT2D eigenvalue weighted by Gasteiger charge is 2.14. The molecule has 0 amide bonds. The Labute approximate surface area is 179 Å². The van der Waals surface area contributed by atoms with Gasteiger partial charge >= 0.3 is 5.97 Å². The first-order valence-electron chi connectivity index (χ1n) is 10.4. The zero-order valence-electron chi connectivity index (χ0n) is 17.9. The first kappa shape index (κ1) is 23.6. The average molecular weight is 413 g/mol. The van der Waals surface area contributed by atoms with Gasteiger partial charge in [-0.3, -0.25) is 0 Å². The van der Waals surface area contributed by atoms with Crippen molar-refractivity contribution in [2.24, 2.45) is 0 Å². The number of carbonyl (C=O) groups is 1. The molecule has 2 aromatic carbocycles. The molecule has 1 atom stereocenters. The van der Waals surface area contributed by atoms with E-state index in [2.05, 4.69) is 12.1 Å². The third-order valence-corrected chi connectivity index (χ3v) is 4.72. The monoisotopic (exact) mass is 412 g/mol. The van der Waals surface area contributed by atoms with Crippen molar-refractivity contribution < 1.29 is 24.1 Å². The molecule has 0 saturated carbocycles. The standard InChI is InChI=1S/C25H32O5/c1-3-29-25(27)17-16-21-13-9-15-24(30-19-28-2)23(21)18-22(26)14-8-7-12-20-10-5-4-6-11-20/h4-6,9-11,13,15-17,22,26H,3,7-8,12,14,18-19H2,1-2H3/b17-16+/t22-/m0/s1. The first-order chi connectivity index (χ1) is 14.6. The number of rotatable bonds is 13. The van der Waals surface area contributed by atoms with Gasteiger partial charge in [-0.05, 0) is 49.5 Å². The highest BCUT2D eigenvalue weighted by molar-refractivity contribution is 5.87. The zero-order chi connectivity index (χ0) is 21.6. The van der Waals surface area contributed by atoms with Crippen LogP contribution in [0.25, 0.3) is 6.08 Å². The van der Waals surface area contributed by atoms with Gasteiger partial charge in [0.2, 0.25) is 0 Å². The van der Waals surface area contributed by atoms with Gasteiger partial charge in [-0.2, -0.15) is 0 Å². The van der Waals surface area contributed by atoms with Crippen molar-refractivity contribution in [1.29, 1.82) is 0 Å². The summed E-state index contributed by atoms with van der Waals surface area (Å²) in [6.07, 6.45) is 6.71. The van der Waals surface area contributed by atoms with E-state index in [0.717, 1.165) is 30.4 Å². The number of carbonyl (C=O) groups excluding carboxylic acids is 1. The number of aliphatic hydroxyl groups is 1. The first-order valence-corrected chi connectivity index (χ1v) is 10.4. The Kier molecular flexibility index (Phi) is 10.7. The molecule has 30 heavy (non-hydrogen) atoms. The molecule has 0 heterocycles. The number of aliphatic hydroxyl groups excluding tert-OH is 1. The molecule has 0 aliphatic heterocycles. The fraction of sp³-hybridized carbons (Fsp3) is 0.400. The molecule has 0 radical (unpaired) electrons. The maximum Gasteiger partial charge on any atom is 0.330 e. The molecule has 1 N–H and O–H groups in total. The maximum absolute atomic E-state index is 11.7. The van der Waals surface area contributed by atoms with E-state index >= 15 is 0 Å². The molecule has 162 valence electrons. The zero-order valence-corrected chi connectivity index (χ0v) is 17.9. The lowest BCUT2D eigenvalue weighted by molar-refractivity contribution is -0.137. The molecule has 0 saturated heterocycles. The van der Waals surface area contributed by atoms with Gasteiger partial charge in [0, 0.05) is 25.2 Å². The number of benzene rings is 2. The van der Waals surface area contributed by atoms with Crippen LogP contribution in [0.5, 0.6) is 5.75 Å². The number of esters is 1. The van der Waals surface area contributed by atoms with Gasteiger partial charge in [-0.15, -0.1) is 0 Å². The largest absolute Gasteiger partial charge is 0.467 e. The van der Waals surface area contributed by atoms with Crippen molar-refractivity contribution in [3.05, 3.63) is 71.3 Å². The fourth-order valence-electron chi connectivity index (χ4n) is 3.25. The smallest absolute Gasteiger partial charge is 0.330 e. The third-order valence-electron chi connectivity index (χ3n) is 4.72. The summed E-state index contributed by atoms with van der Waals surface area (Å²) in [5.41, 5.74) is 2.99. The van der Waals surface area contributed by atoms with Crippen LogP contribution in [-0.2, 0) is 27.1 Å². The van der Waals surface area contributed by atoms with E-state index in [9.17, 15) is 9.90 Å². The molecule has 5 heteroatoms. The summed E-state index contributed by atoms with van der Waals surface area (Å²) in [5, 5.41) is 10.6. The molecule has 5 nitrogen and oxygen atoms in total. The minimum Gasteiger partial charge on any atom is -0.467 e. The van der Waals surface area contributed by atoms with Crippen LogP contribution in [0, 0.1) is 0 Å². The van der Waals surface area contributed by atoms with E-state index in [0.29, 0.717) is 25.2 Å². The minimum atomic E-state index is -0.497. The Morgan fingerprint density at radius 1 is 1.10 bits per heavy atom. The molecule has 2 rings (SSSR count). The number of aryl methyl sites for hydroxylation is 1. The second-order valence-electron chi connectivity index (χ2n) is 7.05. The highest BCUT2D eigenvalue weighted by atomic mass is 16.7. The maximum atomic E-state index is 11.7. The van der Waals surface area contributed by atoms with Crippen LogP contribution in [0.1, 0.15) is 42.9 Å². The Hall–Kier alpha value is -2.63. The lowest BCUT2D eigenvalue weighted by atomic mass is 9.96. The molecular formula is C25H32O5. The third kappa shape index (κ3) is 8.39.